The van der Waals surface area contributed by atoms with Crippen molar-refractivity contribution in [3.8, 4) is 0 Å². The lowest BCUT2D eigenvalue weighted by Gasteiger charge is -2.10. The molecule has 0 saturated carbocycles. The van der Waals surface area contributed by atoms with E-state index in [9.17, 15) is 0 Å². The quantitative estimate of drug-likeness (QED) is 0.510. The summed E-state index contributed by atoms with van der Waals surface area (Å²) in [5.74, 6) is 0.728. The molecule has 0 aromatic heterocycles. The minimum Gasteiger partial charge on any atom is -0.0996 e. The minimum absolute atomic E-state index is 0.728. The highest BCUT2D eigenvalue weighted by atomic mass is 14.1. The number of rotatable bonds is 5. The number of allylic oxidation sites excluding steroid dienone is 1. The third-order valence-corrected chi connectivity index (χ3v) is 2.16. The van der Waals surface area contributed by atoms with Crippen LogP contribution < -0.4 is 0 Å². The predicted molar refractivity (Wildman–Crippen MR) is 48.1 cm³/mol. The molecule has 0 aromatic carbocycles. The summed E-state index contributed by atoms with van der Waals surface area (Å²) in [7, 11) is 0. The van der Waals surface area contributed by atoms with E-state index in [1.54, 1.807) is 0 Å². The van der Waals surface area contributed by atoms with Gasteiger partial charge in [-0.3, -0.25) is 0 Å². The van der Waals surface area contributed by atoms with Gasteiger partial charge in [0.25, 0.3) is 0 Å². The first-order chi connectivity index (χ1) is 4.72. The van der Waals surface area contributed by atoms with E-state index in [1.165, 1.54) is 31.3 Å². The van der Waals surface area contributed by atoms with Crippen LogP contribution in [-0.2, 0) is 0 Å². The van der Waals surface area contributed by atoms with Crippen molar-refractivity contribution in [2.75, 3.05) is 0 Å². The first-order valence-corrected chi connectivity index (χ1v) is 4.40. The van der Waals surface area contributed by atoms with Gasteiger partial charge in [-0.15, -0.1) is 0 Å². The molecule has 1 unspecified atom stereocenters. The fourth-order valence-electron chi connectivity index (χ4n) is 0.939. The summed E-state index contributed by atoms with van der Waals surface area (Å²) in [6.07, 6.45) is 5.06. The molecule has 0 fully saturated rings. The van der Waals surface area contributed by atoms with Crippen molar-refractivity contribution in [1.29, 1.82) is 0 Å². The second-order valence-electron chi connectivity index (χ2n) is 3.07. The average molecular weight is 140 g/mol. The summed E-state index contributed by atoms with van der Waals surface area (Å²) < 4.78 is 0. The lowest BCUT2D eigenvalue weighted by Crippen LogP contribution is -1.95. The van der Waals surface area contributed by atoms with E-state index >= 15 is 0 Å². The SMILES string of the molecule is C=C(CCCC)C(C)CC. The molecule has 0 aliphatic rings. The molecule has 0 N–H and O–H groups in total. The summed E-state index contributed by atoms with van der Waals surface area (Å²) in [5, 5.41) is 0. The second kappa shape index (κ2) is 5.52. The molecule has 0 heterocycles. The zero-order chi connectivity index (χ0) is 7.98. The maximum absolute atomic E-state index is 4.06. The topological polar surface area (TPSA) is 0 Å². The number of unbranched alkanes of at least 4 members (excludes halogenated alkanes) is 1. The first kappa shape index (κ1) is 9.74. The lowest BCUT2D eigenvalue weighted by atomic mass is 9.96. The van der Waals surface area contributed by atoms with Crippen molar-refractivity contribution < 1.29 is 0 Å². The van der Waals surface area contributed by atoms with Crippen molar-refractivity contribution in [1.82, 2.24) is 0 Å². The van der Waals surface area contributed by atoms with E-state index in [2.05, 4.69) is 27.4 Å². The largest absolute Gasteiger partial charge is 0.0996 e. The fourth-order valence-corrected chi connectivity index (χ4v) is 0.939. The van der Waals surface area contributed by atoms with Crippen LogP contribution in [0.5, 0.6) is 0 Å². The van der Waals surface area contributed by atoms with E-state index < -0.39 is 0 Å². The Balaban J connectivity index is 3.42. The molecule has 0 radical (unpaired) electrons. The van der Waals surface area contributed by atoms with E-state index in [4.69, 9.17) is 0 Å². The van der Waals surface area contributed by atoms with Gasteiger partial charge in [-0.1, -0.05) is 39.3 Å². The third kappa shape index (κ3) is 3.71. The van der Waals surface area contributed by atoms with E-state index in [-0.39, 0.29) is 0 Å². The predicted octanol–water partition coefficient (Wildman–Crippen LogP) is 3.78. The maximum atomic E-state index is 4.06. The van der Waals surface area contributed by atoms with Crippen LogP contribution in [0, 0.1) is 5.92 Å². The van der Waals surface area contributed by atoms with Crippen LogP contribution in [0.3, 0.4) is 0 Å². The fraction of sp³-hybridized carbons (Fsp3) is 0.800. The Labute approximate surface area is 65.3 Å². The van der Waals surface area contributed by atoms with Gasteiger partial charge in [0, 0.05) is 0 Å². The molecule has 0 saturated heterocycles. The van der Waals surface area contributed by atoms with Crippen LogP contribution in [0.2, 0.25) is 0 Å². The van der Waals surface area contributed by atoms with Crippen molar-refractivity contribution in [3.05, 3.63) is 12.2 Å². The Bertz CT molecular complexity index is 92.2. The summed E-state index contributed by atoms with van der Waals surface area (Å²) in [4.78, 5) is 0. The van der Waals surface area contributed by atoms with Crippen molar-refractivity contribution in [2.24, 2.45) is 5.92 Å². The van der Waals surface area contributed by atoms with E-state index in [1.807, 2.05) is 0 Å². The van der Waals surface area contributed by atoms with Crippen LogP contribution in [0.25, 0.3) is 0 Å². The molecule has 0 aliphatic carbocycles. The molecule has 0 rings (SSSR count). The molecule has 0 spiro atoms. The Morgan fingerprint density at radius 1 is 1.40 bits per heavy atom. The summed E-state index contributed by atoms with van der Waals surface area (Å²) in [5.41, 5.74) is 1.43. The molecule has 0 bridgehead atoms. The summed E-state index contributed by atoms with van der Waals surface area (Å²) in [6, 6.07) is 0. The van der Waals surface area contributed by atoms with Crippen molar-refractivity contribution >= 4 is 0 Å². The standard InChI is InChI=1S/C10H20/c1-5-7-8-10(4)9(3)6-2/h9H,4-8H2,1-3H3. The zero-order valence-electron chi connectivity index (χ0n) is 7.61. The third-order valence-electron chi connectivity index (χ3n) is 2.16. The van der Waals surface area contributed by atoms with Gasteiger partial charge < -0.3 is 0 Å². The Hall–Kier alpha value is -0.260. The maximum Gasteiger partial charge on any atom is -0.0237 e. The van der Waals surface area contributed by atoms with Gasteiger partial charge in [-0.2, -0.15) is 0 Å². The van der Waals surface area contributed by atoms with Crippen LogP contribution in [0.1, 0.15) is 46.5 Å². The Kier molecular flexibility index (Phi) is 5.38. The van der Waals surface area contributed by atoms with Crippen LogP contribution in [0.4, 0.5) is 0 Å². The summed E-state index contributed by atoms with van der Waals surface area (Å²) in [6.45, 7) is 10.8. The van der Waals surface area contributed by atoms with Gasteiger partial charge in [0.1, 0.15) is 0 Å². The average Bonchev–Trinajstić information content (AvgIpc) is 1.98. The van der Waals surface area contributed by atoms with E-state index in [0.717, 1.165) is 5.92 Å². The van der Waals surface area contributed by atoms with Crippen LogP contribution in [0.15, 0.2) is 12.2 Å². The minimum atomic E-state index is 0.728. The lowest BCUT2D eigenvalue weighted by molar-refractivity contribution is 0.609. The molecule has 0 aromatic rings. The van der Waals surface area contributed by atoms with Crippen molar-refractivity contribution in [3.63, 3.8) is 0 Å². The van der Waals surface area contributed by atoms with Gasteiger partial charge in [-0.25, -0.2) is 0 Å². The highest BCUT2D eigenvalue weighted by Crippen LogP contribution is 2.17. The molecular formula is C10H20. The Morgan fingerprint density at radius 3 is 2.40 bits per heavy atom. The summed E-state index contributed by atoms with van der Waals surface area (Å²) >= 11 is 0. The molecule has 1 atom stereocenters. The van der Waals surface area contributed by atoms with E-state index in [0.29, 0.717) is 0 Å². The van der Waals surface area contributed by atoms with Gasteiger partial charge in [0.2, 0.25) is 0 Å². The number of hydrogen-bond donors (Lipinski definition) is 0. The molecule has 60 valence electrons. The molecule has 0 nitrogen and oxygen atoms in total. The molecule has 0 heteroatoms. The first-order valence-electron chi connectivity index (χ1n) is 4.40. The zero-order valence-corrected chi connectivity index (χ0v) is 7.61. The van der Waals surface area contributed by atoms with Gasteiger partial charge in [-0.05, 0) is 25.2 Å². The van der Waals surface area contributed by atoms with Gasteiger partial charge >= 0.3 is 0 Å². The smallest absolute Gasteiger partial charge is 0.0237 e. The van der Waals surface area contributed by atoms with Gasteiger partial charge in [0.15, 0.2) is 0 Å². The normalized spacial score (nSPS) is 13.1. The van der Waals surface area contributed by atoms with Gasteiger partial charge in [0.05, 0.1) is 0 Å². The van der Waals surface area contributed by atoms with Crippen molar-refractivity contribution in [2.45, 2.75) is 46.5 Å². The Morgan fingerprint density at radius 2 is 2.00 bits per heavy atom. The monoisotopic (exact) mass is 140 g/mol. The van der Waals surface area contributed by atoms with Crippen LogP contribution >= 0.6 is 0 Å². The molecule has 0 amide bonds. The molecular weight excluding hydrogens is 120 g/mol. The van der Waals surface area contributed by atoms with Crippen LogP contribution in [-0.4, -0.2) is 0 Å². The molecule has 10 heavy (non-hydrogen) atoms. The highest BCUT2D eigenvalue weighted by Gasteiger charge is 2.01. The molecule has 0 aliphatic heterocycles. The highest BCUT2D eigenvalue weighted by molar-refractivity contribution is 4.97. The second-order valence-corrected chi connectivity index (χ2v) is 3.07. The number of hydrogen-bond acceptors (Lipinski definition) is 0.